The molecule has 2 aromatic carbocycles. The van der Waals surface area contributed by atoms with Gasteiger partial charge in [-0.15, -0.1) is 0 Å². The Morgan fingerprint density at radius 2 is 1.04 bits per heavy atom. The van der Waals surface area contributed by atoms with E-state index in [4.69, 9.17) is 28.4 Å². The molecule has 0 saturated carbocycles. The SMILES string of the molecule is OC[C@H]1O[C@@H](OC[C@H]2O[C@@H](Oc3ccc(C=Cc4cc(O)cc(O[C@@H]5O[C@H](CO)[C@@H](O)[C@H](O)[C@H]5O)c4)c(O)c3)[C@H](O)[C@@H](O)[C@@H]2O)[C@H](O)[C@@H](O)[C@@H]1O. The van der Waals surface area contributed by atoms with Gasteiger partial charge < -0.3 is 94.8 Å². The van der Waals surface area contributed by atoms with Gasteiger partial charge in [-0.3, -0.25) is 0 Å². The van der Waals surface area contributed by atoms with E-state index in [-0.39, 0.29) is 28.6 Å². The Balaban J connectivity index is 1.22. The Kier molecular flexibility index (Phi) is 12.7. The molecule has 13 N–H and O–H groups in total. The molecule has 284 valence electrons. The summed E-state index contributed by atoms with van der Waals surface area (Å²) in [5.74, 6) is -0.587. The first-order valence-electron chi connectivity index (χ1n) is 15.8. The normalized spacial score (nSPS) is 38.8. The fourth-order valence-electron chi connectivity index (χ4n) is 5.67. The van der Waals surface area contributed by atoms with Gasteiger partial charge in [0.05, 0.1) is 19.8 Å². The standard InChI is InChI=1S/C32H42O19/c33-9-18-21(37)24(40)27(43)30(49-18)46-11-20-23(39)26(42)29(45)31(51-20)47-15-4-3-13(17(36)8-15)2-1-12-5-14(35)7-16(6-12)48-32-28(44)25(41)22(38)19(10-34)50-32/h1-8,18-45H,9-11H2/t18-,19-,20-,21-,22-,23-,24+,25+,26+,27-,28-,29-,30-,31-,32-/m1/s1. The number of aromatic hydroxyl groups is 2. The number of benzene rings is 2. The van der Waals surface area contributed by atoms with Crippen LogP contribution in [0.1, 0.15) is 11.1 Å². The van der Waals surface area contributed by atoms with E-state index >= 15 is 0 Å². The number of hydrogen-bond acceptors (Lipinski definition) is 19. The number of ether oxygens (including phenoxy) is 6. The largest absolute Gasteiger partial charge is 0.508 e. The molecule has 51 heavy (non-hydrogen) atoms. The Morgan fingerprint density at radius 3 is 1.61 bits per heavy atom. The van der Waals surface area contributed by atoms with Crippen LogP contribution in [0, 0.1) is 0 Å². The number of phenolic OH excluding ortho intramolecular Hbond substituents is 2. The molecule has 0 aliphatic carbocycles. The van der Waals surface area contributed by atoms with Crippen molar-refractivity contribution in [1.29, 1.82) is 0 Å². The second-order valence-corrected chi connectivity index (χ2v) is 12.3. The first kappa shape index (κ1) is 39.0. The lowest BCUT2D eigenvalue weighted by molar-refractivity contribution is -0.323. The maximum Gasteiger partial charge on any atom is 0.229 e. The number of rotatable bonds is 11. The van der Waals surface area contributed by atoms with E-state index in [0.717, 1.165) is 0 Å². The van der Waals surface area contributed by atoms with Crippen LogP contribution >= 0.6 is 0 Å². The van der Waals surface area contributed by atoms with Crippen molar-refractivity contribution in [2.45, 2.75) is 92.1 Å². The summed E-state index contributed by atoms with van der Waals surface area (Å²) < 4.78 is 32.8. The Morgan fingerprint density at radius 1 is 0.529 bits per heavy atom. The number of aliphatic hydroxyl groups is 11. The number of hydrogen-bond donors (Lipinski definition) is 13. The minimum Gasteiger partial charge on any atom is -0.508 e. The quantitative estimate of drug-likeness (QED) is 0.0968. The molecule has 0 amide bonds. The van der Waals surface area contributed by atoms with E-state index in [1.165, 1.54) is 48.6 Å². The average molecular weight is 731 g/mol. The lowest BCUT2D eigenvalue weighted by atomic mass is 9.98. The summed E-state index contributed by atoms with van der Waals surface area (Å²) in [6.07, 6.45) is -20.8. The van der Waals surface area contributed by atoms with Crippen LogP contribution in [-0.4, -0.2) is 178 Å². The van der Waals surface area contributed by atoms with Gasteiger partial charge in [0.2, 0.25) is 12.6 Å². The summed E-state index contributed by atoms with van der Waals surface area (Å²) in [5, 5.41) is 131. The third kappa shape index (κ3) is 8.71. The van der Waals surface area contributed by atoms with Crippen molar-refractivity contribution in [2.75, 3.05) is 19.8 Å². The molecule has 3 heterocycles. The number of aliphatic hydroxyl groups excluding tert-OH is 11. The molecule has 0 bridgehead atoms. The van der Waals surface area contributed by atoms with E-state index in [9.17, 15) is 66.4 Å². The van der Waals surface area contributed by atoms with Gasteiger partial charge in [0.1, 0.15) is 96.2 Å². The van der Waals surface area contributed by atoms with Crippen LogP contribution in [0.25, 0.3) is 12.2 Å². The summed E-state index contributed by atoms with van der Waals surface area (Å²) >= 11 is 0. The molecule has 3 saturated heterocycles. The Bertz CT molecular complexity index is 1470. The monoisotopic (exact) mass is 730 g/mol. The molecule has 2 aromatic rings. The highest BCUT2D eigenvalue weighted by atomic mass is 16.7. The molecule has 0 unspecified atom stereocenters. The highest BCUT2D eigenvalue weighted by molar-refractivity contribution is 5.74. The third-order valence-electron chi connectivity index (χ3n) is 8.67. The molecule has 15 atom stereocenters. The predicted molar refractivity (Wildman–Crippen MR) is 167 cm³/mol. The molecule has 5 rings (SSSR count). The highest BCUT2D eigenvalue weighted by Gasteiger charge is 2.48. The topological polar surface area (TPSA) is 318 Å². The highest BCUT2D eigenvalue weighted by Crippen LogP contribution is 2.32. The van der Waals surface area contributed by atoms with E-state index in [1.807, 2.05) is 0 Å². The molecule has 19 nitrogen and oxygen atoms in total. The minimum absolute atomic E-state index is 0.00203. The van der Waals surface area contributed by atoms with Gasteiger partial charge >= 0.3 is 0 Å². The van der Waals surface area contributed by atoms with Gasteiger partial charge in [0, 0.05) is 17.7 Å². The van der Waals surface area contributed by atoms with Crippen LogP contribution in [0.5, 0.6) is 23.0 Å². The fourth-order valence-corrected chi connectivity index (χ4v) is 5.67. The minimum atomic E-state index is -1.79. The van der Waals surface area contributed by atoms with Gasteiger partial charge in [-0.1, -0.05) is 12.2 Å². The summed E-state index contributed by atoms with van der Waals surface area (Å²) in [7, 11) is 0. The Hall–Kier alpha value is -3.22. The van der Waals surface area contributed by atoms with Gasteiger partial charge in [0.25, 0.3) is 0 Å². The second-order valence-electron chi connectivity index (χ2n) is 12.3. The lowest BCUT2D eigenvalue weighted by Gasteiger charge is -2.42. The zero-order valence-corrected chi connectivity index (χ0v) is 26.7. The van der Waals surface area contributed by atoms with Crippen molar-refractivity contribution in [1.82, 2.24) is 0 Å². The fraction of sp³-hybridized carbons (Fsp3) is 0.562. The maximum absolute atomic E-state index is 10.7. The molecular formula is C32H42O19. The van der Waals surface area contributed by atoms with Gasteiger partial charge in [-0.2, -0.15) is 0 Å². The van der Waals surface area contributed by atoms with Crippen LogP contribution in [-0.2, 0) is 18.9 Å². The van der Waals surface area contributed by atoms with E-state index < -0.39 is 112 Å². The summed E-state index contributed by atoms with van der Waals surface area (Å²) in [6, 6.07) is 7.97. The summed E-state index contributed by atoms with van der Waals surface area (Å²) in [4.78, 5) is 0. The van der Waals surface area contributed by atoms with Crippen molar-refractivity contribution in [3.8, 4) is 23.0 Å². The van der Waals surface area contributed by atoms with E-state index in [0.29, 0.717) is 5.56 Å². The van der Waals surface area contributed by atoms with Crippen LogP contribution in [0.3, 0.4) is 0 Å². The van der Waals surface area contributed by atoms with Crippen LogP contribution in [0.2, 0.25) is 0 Å². The van der Waals surface area contributed by atoms with E-state index in [2.05, 4.69) is 0 Å². The molecule has 0 spiro atoms. The van der Waals surface area contributed by atoms with Crippen molar-refractivity contribution < 1.29 is 94.8 Å². The van der Waals surface area contributed by atoms with Crippen molar-refractivity contribution in [2.24, 2.45) is 0 Å². The second kappa shape index (κ2) is 16.6. The molecular weight excluding hydrogens is 688 g/mol. The molecule has 0 radical (unpaired) electrons. The average Bonchev–Trinajstić information content (AvgIpc) is 3.10. The molecule has 0 aromatic heterocycles. The third-order valence-corrected chi connectivity index (χ3v) is 8.67. The van der Waals surface area contributed by atoms with Crippen molar-refractivity contribution in [3.63, 3.8) is 0 Å². The van der Waals surface area contributed by atoms with E-state index in [1.54, 1.807) is 0 Å². The number of phenols is 2. The summed E-state index contributed by atoms with van der Waals surface area (Å²) in [5.41, 5.74) is 0.617. The maximum atomic E-state index is 10.7. The lowest BCUT2D eigenvalue weighted by Crippen LogP contribution is -2.62. The smallest absolute Gasteiger partial charge is 0.229 e. The van der Waals surface area contributed by atoms with Crippen LogP contribution in [0.15, 0.2) is 36.4 Å². The molecule has 3 aliphatic rings. The predicted octanol–water partition coefficient (Wildman–Crippen LogP) is -4.55. The van der Waals surface area contributed by atoms with Crippen molar-refractivity contribution in [3.05, 3.63) is 47.5 Å². The zero-order valence-electron chi connectivity index (χ0n) is 26.7. The van der Waals surface area contributed by atoms with Crippen LogP contribution in [0.4, 0.5) is 0 Å². The first-order chi connectivity index (χ1) is 24.2. The first-order valence-corrected chi connectivity index (χ1v) is 15.8. The van der Waals surface area contributed by atoms with Gasteiger partial charge in [0.15, 0.2) is 6.29 Å². The molecule has 3 aliphatic heterocycles. The summed E-state index contributed by atoms with van der Waals surface area (Å²) in [6.45, 7) is -1.92. The zero-order chi connectivity index (χ0) is 37.1. The van der Waals surface area contributed by atoms with Crippen LogP contribution < -0.4 is 9.47 Å². The van der Waals surface area contributed by atoms with Gasteiger partial charge in [-0.25, -0.2) is 0 Å². The molecule has 3 fully saturated rings. The Labute approximate surface area is 289 Å². The van der Waals surface area contributed by atoms with Crippen molar-refractivity contribution >= 4 is 12.2 Å². The molecule has 19 heteroatoms. The van der Waals surface area contributed by atoms with Gasteiger partial charge in [-0.05, 0) is 29.8 Å².